The van der Waals surface area contributed by atoms with E-state index in [4.69, 9.17) is 9.15 Å². The van der Waals surface area contributed by atoms with Gasteiger partial charge in [-0.05, 0) is 66.9 Å². The Morgan fingerprint density at radius 3 is 2.36 bits per heavy atom. The lowest BCUT2D eigenvalue weighted by Crippen LogP contribution is -2.41. The number of benzene rings is 3. The molecule has 0 spiro atoms. The SMILES string of the molecule is COc1ccc(CC(C)Nc2ccc(-c3ccoc3C(=O)NNC(=O)c3ccc(O)c([N+](=O)[O-])c3)cc2)cc1. The first kappa shape index (κ1) is 26.7. The van der Waals surface area contributed by atoms with E-state index in [1.165, 1.54) is 17.9 Å². The molecule has 0 aliphatic rings. The van der Waals surface area contributed by atoms with Gasteiger partial charge in [-0.25, -0.2) is 0 Å². The molecule has 11 heteroatoms. The van der Waals surface area contributed by atoms with Gasteiger partial charge in [-0.2, -0.15) is 0 Å². The lowest BCUT2D eigenvalue weighted by molar-refractivity contribution is -0.385. The lowest BCUT2D eigenvalue weighted by atomic mass is 10.0. The predicted octanol–water partition coefficient (Wildman–Crippen LogP) is 4.69. The maximum absolute atomic E-state index is 12.7. The van der Waals surface area contributed by atoms with Crippen molar-refractivity contribution in [2.45, 2.75) is 19.4 Å². The van der Waals surface area contributed by atoms with Crippen LogP contribution < -0.4 is 20.9 Å². The Morgan fingerprint density at radius 2 is 1.69 bits per heavy atom. The van der Waals surface area contributed by atoms with Crippen LogP contribution in [-0.4, -0.2) is 35.0 Å². The van der Waals surface area contributed by atoms with Crippen LogP contribution in [0.2, 0.25) is 0 Å². The molecule has 0 bridgehead atoms. The second kappa shape index (κ2) is 11.8. The molecule has 1 atom stereocenters. The average Bonchev–Trinajstić information content (AvgIpc) is 3.42. The second-order valence-electron chi connectivity index (χ2n) is 8.71. The number of hydrogen-bond acceptors (Lipinski definition) is 8. The van der Waals surface area contributed by atoms with E-state index in [1.54, 1.807) is 13.2 Å². The zero-order chi connectivity index (χ0) is 27.9. The van der Waals surface area contributed by atoms with Crippen LogP contribution in [0.15, 0.2) is 83.5 Å². The summed E-state index contributed by atoms with van der Waals surface area (Å²) in [4.78, 5) is 35.2. The highest BCUT2D eigenvalue weighted by Crippen LogP contribution is 2.28. The average molecular weight is 531 g/mol. The van der Waals surface area contributed by atoms with Crippen LogP contribution in [-0.2, 0) is 6.42 Å². The van der Waals surface area contributed by atoms with Gasteiger partial charge in [0, 0.05) is 28.9 Å². The van der Waals surface area contributed by atoms with Gasteiger partial charge in [0.2, 0.25) is 5.76 Å². The zero-order valence-corrected chi connectivity index (χ0v) is 21.1. The van der Waals surface area contributed by atoms with E-state index in [1.807, 2.05) is 48.5 Å². The number of phenolic OH excluding ortho intramolecular Hbond substituents is 1. The zero-order valence-electron chi connectivity index (χ0n) is 21.1. The number of nitrogens with zero attached hydrogens (tertiary/aromatic N) is 1. The molecular weight excluding hydrogens is 504 g/mol. The first-order valence-corrected chi connectivity index (χ1v) is 11.9. The van der Waals surface area contributed by atoms with Gasteiger partial charge < -0.3 is 19.6 Å². The molecule has 4 aromatic rings. The summed E-state index contributed by atoms with van der Waals surface area (Å²) >= 11 is 0. The largest absolute Gasteiger partial charge is 0.502 e. The molecule has 11 nitrogen and oxygen atoms in total. The molecule has 4 N–H and O–H groups in total. The van der Waals surface area contributed by atoms with Crippen LogP contribution in [0.3, 0.4) is 0 Å². The highest BCUT2D eigenvalue weighted by molar-refractivity contribution is 6.01. The first-order valence-electron chi connectivity index (χ1n) is 11.9. The Bertz CT molecular complexity index is 1480. The molecule has 200 valence electrons. The fourth-order valence-corrected chi connectivity index (χ4v) is 3.96. The van der Waals surface area contributed by atoms with Crippen LogP contribution in [0, 0.1) is 10.1 Å². The predicted molar refractivity (Wildman–Crippen MR) is 144 cm³/mol. The standard InChI is InChI=1S/C28H26N4O7/c1-17(15-18-3-10-22(38-2)11-4-18)29-21-8-5-19(6-9-21)23-13-14-39-26(23)28(35)31-30-27(34)20-7-12-25(33)24(16-20)32(36)37/h3-14,16-17,29,33H,15H2,1-2H3,(H,30,34)(H,31,35). The van der Waals surface area contributed by atoms with E-state index >= 15 is 0 Å². The number of nitro groups is 1. The van der Waals surface area contributed by atoms with Gasteiger partial charge in [0.25, 0.3) is 5.91 Å². The summed E-state index contributed by atoms with van der Waals surface area (Å²) in [6.45, 7) is 2.08. The molecule has 1 unspecified atom stereocenters. The topological polar surface area (TPSA) is 156 Å². The minimum absolute atomic E-state index is 0.0273. The van der Waals surface area contributed by atoms with Crippen LogP contribution in [0.4, 0.5) is 11.4 Å². The van der Waals surface area contributed by atoms with E-state index in [-0.39, 0.29) is 17.4 Å². The van der Waals surface area contributed by atoms with Crippen LogP contribution in [0.5, 0.6) is 11.5 Å². The summed E-state index contributed by atoms with van der Waals surface area (Å²) in [5.74, 6) is -1.31. The number of phenols is 1. The van der Waals surface area contributed by atoms with Crippen molar-refractivity contribution in [3.8, 4) is 22.6 Å². The van der Waals surface area contributed by atoms with Crippen molar-refractivity contribution >= 4 is 23.2 Å². The van der Waals surface area contributed by atoms with Crippen molar-refractivity contribution in [2.75, 3.05) is 12.4 Å². The molecule has 0 aliphatic heterocycles. The second-order valence-corrected chi connectivity index (χ2v) is 8.71. The maximum Gasteiger partial charge on any atom is 0.311 e. The Hall–Kier alpha value is -5.32. The van der Waals surface area contributed by atoms with Crippen molar-refractivity contribution in [1.29, 1.82) is 0 Å². The quantitative estimate of drug-likeness (QED) is 0.179. The number of aromatic hydroxyl groups is 1. The molecule has 0 fully saturated rings. The molecule has 1 heterocycles. The number of carbonyl (C=O) groups is 2. The van der Waals surface area contributed by atoms with Crippen LogP contribution in [0.25, 0.3) is 11.1 Å². The fourth-order valence-electron chi connectivity index (χ4n) is 3.96. The van der Waals surface area contributed by atoms with Crippen molar-refractivity contribution in [2.24, 2.45) is 0 Å². The van der Waals surface area contributed by atoms with E-state index in [0.29, 0.717) is 5.56 Å². The molecule has 0 saturated carbocycles. The smallest absolute Gasteiger partial charge is 0.311 e. The molecule has 39 heavy (non-hydrogen) atoms. The van der Waals surface area contributed by atoms with Gasteiger partial charge in [-0.3, -0.25) is 30.6 Å². The van der Waals surface area contributed by atoms with E-state index < -0.39 is 28.2 Å². The normalized spacial score (nSPS) is 11.3. The molecule has 0 radical (unpaired) electrons. The van der Waals surface area contributed by atoms with Crippen molar-refractivity contribution in [3.63, 3.8) is 0 Å². The van der Waals surface area contributed by atoms with E-state index in [2.05, 4.69) is 23.1 Å². The van der Waals surface area contributed by atoms with Crippen molar-refractivity contribution in [3.05, 3.63) is 106 Å². The number of ether oxygens (including phenoxy) is 1. The summed E-state index contributed by atoms with van der Waals surface area (Å²) in [5.41, 5.74) is 7.00. The van der Waals surface area contributed by atoms with Crippen molar-refractivity contribution in [1.82, 2.24) is 10.9 Å². The number of carbonyl (C=O) groups excluding carboxylic acids is 2. The minimum atomic E-state index is -0.817. The monoisotopic (exact) mass is 530 g/mol. The molecule has 1 aromatic heterocycles. The third-order valence-corrected chi connectivity index (χ3v) is 5.91. The van der Waals surface area contributed by atoms with E-state index in [9.17, 15) is 24.8 Å². The molecule has 3 aromatic carbocycles. The Morgan fingerprint density at radius 1 is 1.00 bits per heavy atom. The molecule has 4 rings (SSSR count). The van der Waals surface area contributed by atoms with Gasteiger partial charge in [0.05, 0.1) is 18.3 Å². The van der Waals surface area contributed by atoms with Gasteiger partial charge in [0.15, 0.2) is 5.75 Å². The highest BCUT2D eigenvalue weighted by atomic mass is 16.6. The lowest BCUT2D eigenvalue weighted by Gasteiger charge is -2.16. The summed E-state index contributed by atoms with van der Waals surface area (Å²) in [6, 6.07) is 20.3. The first-order chi connectivity index (χ1) is 18.7. The van der Waals surface area contributed by atoms with Crippen LogP contribution in [0.1, 0.15) is 33.4 Å². The van der Waals surface area contributed by atoms with Gasteiger partial charge >= 0.3 is 11.6 Å². The number of furan rings is 1. The van der Waals surface area contributed by atoms with E-state index in [0.717, 1.165) is 35.6 Å². The highest BCUT2D eigenvalue weighted by Gasteiger charge is 2.20. The fraction of sp³-hybridized carbons (Fsp3) is 0.143. The summed E-state index contributed by atoms with van der Waals surface area (Å²) in [7, 11) is 1.64. The number of nitro benzene ring substituents is 1. The number of anilines is 1. The third-order valence-electron chi connectivity index (χ3n) is 5.91. The van der Waals surface area contributed by atoms with Crippen LogP contribution >= 0.6 is 0 Å². The molecule has 0 saturated heterocycles. The maximum atomic E-state index is 12.7. The van der Waals surface area contributed by atoms with Gasteiger partial charge in [-0.1, -0.05) is 24.3 Å². The Balaban J connectivity index is 1.36. The number of hydrazine groups is 1. The number of amides is 2. The molecule has 2 amide bonds. The minimum Gasteiger partial charge on any atom is -0.502 e. The Kier molecular flexibility index (Phi) is 8.10. The number of methoxy groups -OCH3 is 1. The summed E-state index contributed by atoms with van der Waals surface area (Å²) in [5, 5.41) is 24.0. The number of rotatable bonds is 9. The molecular formula is C28H26N4O7. The number of hydrogen-bond donors (Lipinski definition) is 4. The number of nitrogens with one attached hydrogen (secondary N) is 3. The summed E-state index contributed by atoms with van der Waals surface area (Å²) in [6.07, 6.45) is 2.18. The third kappa shape index (κ3) is 6.52. The van der Waals surface area contributed by atoms with Crippen molar-refractivity contribution < 1.29 is 28.8 Å². The summed E-state index contributed by atoms with van der Waals surface area (Å²) < 4.78 is 10.6. The van der Waals surface area contributed by atoms with Gasteiger partial charge in [0.1, 0.15) is 5.75 Å². The molecule has 0 aliphatic carbocycles. The van der Waals surface area contributed by atoms with Gasteiger partial charge in [-0.15, -0.1) is 0 Å². The Labute approximate surface area is 223 Å².